The molecule has 2 aromatic heterocycles. The van der Waals surface area contributed by atoms with Gasteiger partial charge in [-0.25, -0.2) is 9.07 Å². The van der Waals surface area contributed by atoms with Crippen molar-refractivity contribution in [1.82, 2.24) is 20.0 Å². The molecule has 6 heteroatoms. The van der Waals surface area contributed by atoms with E-state index in [9.17, 15) is 4.39 Å². The highest BCUT2D eigenvalue weighted by Gasteiger charge is 2.18. The number of hydrogen-bond donors (Lipinski definition) is 1. The Balaban J connectivity index is 1.99. The summed E-state index contributed by atoms with van der Waals surface area (Å²) in [5.41, 5.74) is 7.69. The van der Waals surface area contributed by atoms with Gasteiger partial charge in [0.05, 0.1) is 23.8 Å². The Kier molecular flexibility index (Phi) is 3.17. The third-order valence-corrected chi connectivity index (χ3v) is 3.33. The molecule has 0 radical (unpaired) electrons. The van der Waals surface area contributed by atoms with Crippen molar-refractivity contribution in [3.8, 4) is 0 Å². The lowest BCUT2D eigenvalue weighted by Gasteiger charge is -2.13. The standard InChI is InChI=1S/C15H16FN5/c1-15(2,17)13-9-21(20-19-13)8-10-5-6-12(16)11-4-3-7-18-14(10)11/h3-7,9H,8,17H2,1-2H3. The van der Waals surface area contributed by atoms with Crippen LogP contribution in [0.1, 0.15) is 25.1 Å². The van der Waals surface area contributed by atoms with Gasteiger partial charge in [0.15, 0.2) is 0 Å². The lowest BCUT2D eigenvalue weighted by molar-refractivity contribution is 0.533. The van der Waals surface area contributed by atoms with Crippen molar-refractivity contribution >= 4 is 10.9 Å². The molecule has 2 N–H and O–H groups in total. The summed E-state index contributed by atoms with van der Waals surface area (Å²) < 4.78 is 15.5. The molecule has 0 atom stereocenters. The molecule has 2 heterocycles. The molecule has 0 fully saturated rings. The maximum Gasteiger partial charge on any atom is 0.132 e. The third kappa shape index (κ3) is 2.62. The summed E-state index contributed by atoms with van der Waals surface area (Å²) in [5, 5.41) is 8.66. The van der Waals surface area contributed by atoms with E-state index in [0.29, 0.717) is 23.1 Å². The number of benzene rings is 1. The van der Waals surface area contributed by atoms with Crippen LogP contribution in [0.4, 0.5) is 4.39 Å². The number of rotatable bonds is 3. The summed E-state index contributed by atoms with van der Waals surface area (Å²) in [5.74, 6) is -0.274. The van der Waals surface area contributed by atoms with Gasteiger partial charge in [0.2, 0.25) is 0 Å². The summed E-state index contributed by atoms with van der Waals surface area (Å²) in [6, 6.07) is 6.61. The highest BCUT2D eigenvalue weighted by Crippen LogP contribution is 2.21. The van der Waals surface area contributed by atoms with Gasteiger partial charge in [0.25, 0.3) is 0 Å². The molecule has 5 nitrogen and oxygen atoms in total. The molecular weight excluding hydrogens is 269 g/mol. The van der Waals surface area contributed by atoms with Gasteiger partial charge in [0.1, 0.15) is 11.5 Å². The first-order valence-corrected chi connectivity index (χ1v) is 6.67. The molecular formula is C15H16FN5. The normalized spacial score (nSPS) is 12.0. The summed E-state index contributed by atoms with van der Waals surface area (Å²) in [6.45, 7) is 4.21. The molecule has 0 aliphatic heterocycles. The maximum atomic E-state index is 13.8. The Morgan fingerprint density at radius 3 is 2.81 bits per heavy atom. The Morgan fingerprint density at radius 1 is 1.29 bits per heavy atom. The Labute approximate surface area is 121 Å². The van der Waals surface area contributed by atoms with E-state index in [0.717, 1.165) is 5.56 Å². The highest BCUT2D eigenvalue weighted by atomic mass is 19.1. The maximum absolute atomic E-state index is 13.8. The summed E-state index contributed by atoms with van der Waals surface area (Å²) in [4.78, 5) is 4.27. The van der Waals surface area contributed by atoms with Gasteiger partial charge in [-0.15, -0.1) is 5.10 Å². The first kappa shape index (κ1) is 13.6. The monoisotopic (exact) mass is 285 g/mol. The predicted molar refractivity (Wildman–Crippen MR) is 78.0 cm³/mol. The van der Waals surface area contributed by atoms with Crippen LogP contribution in [0.5, 0.6) is 0 Å². The van der Waals surface area contributed by atoms with Crippen molar-refractivity contribution in [2.45, 2.75) is 25.9 Å². The second-order valence-electron chi connectivity index (χ2n) is 5.63. The summed E-state index contributed by atoms with van der Waals surface area (Å²) in [6.07, 6.45) is 3.46. The number of halogens is 1. The summed E-state index contributed by atoms with van der Waals surface area (Å²) in [7, 11) is 0. The van der Waals surface area contributed by atoms with Crippen molar-refractivity contribution < 1.29 is 4.39 Å². The fraction of sp³-hybridized carbons (Fsp3) is 0.267. The zero-order chi connectivity index (χ0) is 15.0. The second kappa shape index (κ2) is 4.89. The molecule has 3 aromatic rings. The minimum absolute atomic E-state index is 0.274. The zero-order valence-corrected chi connectivity index (χ0v) is 11.9. The quantitative estimate of drug-likeness (QED) is 0.801. The van der Waals surface area contributed by atoms with Crippen molar-refractivity contribution in [1.29, 1.82) is 0 Å². The Hall–Kier alpha value is -2.34. The van der Waals surface area contributed by atoms with Crippen LogP contribution < -0.4 is 5.73 Å². The van der Waals surface area contributed by atoms with Crippen LogP contribution in [0.15, 0.2) is 36.7 Å². The number of fused-ring (bicyclic) bond motifs is 1. The van der Waals surface area contributed by atoms with Crippen LogP contribution in [0, 0.1) is 5.82 Å². The fourth-order valence-electron chi connectivity index (χ4n) is 2.17. The Bertz CT molecular complexity index is 788. The van der Waals surface area contributed by atoms with Gasteiger partial charge < -0.3 is 5.73 Å². The Morgan fingerprint density at radius 2 is 2.10 bits per heavy atom. The fourth-order valence-corrected chi connectivity index (χ4v) is 2.17. The van der Waals surface area contributed by atoms with Crippen LogP contribution >= 0.6 is 0 Å². The van der Waals surface area contributed by atoms with Gasteiger partial charge in [0, 0.05) is 17.1 Å². The van der Waals surface area contributed by atoms with E-state index < -0.39 is 5.54 Å². The molecule has 108 valence electrons. The SMILES string of the molecule is CC(C)(N)c1cn(Cc2ccc(F)c3cccnc23)nn1. The third-order valence-electron chi connectivity index (χ3n) is 3.33. The van der Waals surface area contributed by atoms with E-state index in [1.165, 1.54) is 6.07 Å². The lowest BCUT2D eigenvalue weighted by Crippen LogP contribution is -2.29. The minimum atomic E-state index is -0.540. The number of nitrogens with zero attached hydrogens (tertiary/aromatic N) is 4. The molecule has 21 heavy (non-hydrogen) atoms. The van der Waals surface area contributed by atoms with E-state index in [1.807, 2.05) is 13.8 Å². The first-order valence-electron chi connectivity index (χ1n) is 6.67. The molecule has 0 amide bonds. The van der Waals surface area contributed by atoms with E-state index >= 15 is 0 Å². The lowest BCUT2D eigenvalue weighted by atomic mass is 10.0. The zero-order valence-electron chi connectivity index (χ0n) is 11.9. The second-order valence-corrected chi connectivity index (χ2v) is 5.63. The van der Waals surface area contributed by atoms with Crippen LogP contribution in [0.25, 0.3) is 10.9 Å². The van der Waals surface area contributed by atoms with E-state index in [4.69, 9.17) is 5.73 Å². The predicted octanol–water partition coefficient (Wildman–Crippen LogP) is 2.21. The molecule has 0 saturated carbocycles. The largest absolute Gasteiger partial charge is 0.320 e. The number of nitrogens with two attached hydrogens (primary N) is 1. The molecule has 1 aromatic carbocycles. The number of hydrogen-bond acceptors (Lipinski definition) is 4. The molecule has 0 aliphatic rings. The number of pyridine rings is 1. The van der Waals surface area contributed by atoms with Crippen LogP contribution in [0.2, 0.25) is 0 Å². The van der Waals surface area contributed by atoms with Crippen LogP contribution in [0.3, 0.4) is 0 Å². The average molecular weight is 285 g/mol. The average Bonchev–Trinajstić information content (AvgIpc) is 2.91. The van der Waals surface area contributed by atoms with Gasteiger partial charge >= 0.3 is 0 Å². The van der Waals surface area contributed by atoms with Crippen LogP contribution in [-0.4, -0.2) is 20.0 Å². The number of aromatic nitrogens is 4. The highest BCUT2D eigenvalue weighted by molar-refractivity contribution is 5.82. The van der Waals surface area contributed by atoms with Gasteiger partial charge in [-0.05, 0) is 32.0 Å². The van der Waals surface area contributed by atoms with Gasteiger partial charge in [-0.1, -0.05) is 11.3 Å². The smallest absolute Gasteiger partial charge is 0.132 e. The van der Waals surface area contributed by atoms with E-state index in [-0.39, 0.29) is 5.82 Å². The van der Waals surface area contributed by atoms with Crippen molar-refractivity contribution in [2.75, 3.05) is 0 Å². The molecule has 0 saturated heterocycles. The molecule has 0 spiro atoms. The van der Waals surface area contributed by atoms with Crippen LogP contribution in [-0.2, 0) is 12.1 Å². The van der Waals surface area contributed by atoms with E-state index in [1.54, 1.807) is 35.3 Å². The molecule has 0 unspecified atom stereocenters. The van der Waals surface area contributed by atoms with Gasteiger partial charge in [-0.2, -0.15) is 0 Å². The topological polar surface area (TPSA) is 69.6 Å². The molecule has 3 rings (SSSR count). The van der Waals surface area contributed by atoms with Crippen molar-refractivity contribution in [3.05, 3.63) is 53.7 Å². The van der Waals surface area contributed by atoms with Crippen molar-refractivity contribution in [2.24, 2.45) is 5.73 Å². The van der Waals surface area contributed by atoms with Gasteiger partial charge in [-0.3, -0.25) is 4.98 Å². The minimum Gasteiger partial charge on any atom is -0.320 e. The molecule has 0 bridgehead atoms. The van der Waals surface area contributed by atoms with E-state index in [2.05, 4.69) is 15.3 Å². The first-order chi connectivity index (χ1) is 9.95. The molecule has 0 aliphatic carbocycles. The summed E-state index contributed by atoms with van der Waals surface area (Å²) >= 11 is 0. The van der Waals surface area contributed by atoms with Crippen molar-refractivity contribution in [3.63, 3.8) is 0 Å².